The predicted octanol–water partition coefficient (Wildman–Crippen LogP) is 3.90. The number of hydrogen-bond donors (Lipinski definition) is 0. The molecule has 0 spiro atoms. The molecule has 6 nitrogen and oxygen atoms in total. The fourth-order valence-corrected chi connectivity index (χ4v) is 2.82. The van der Waals surface area contributed by atoms with Crippen LogP contribution in [0.25, 0.3) is 0 Å². The Morgan fingerprint density at radius 2 is 1.33 bits per heavy atom. The van der Waals surface area contributed by atoms with Crippen molar-refractivity contribution in [3.05, 3.63) is 33.8 Å². The molecule has 148 valence electrons. The Hall–Kier alpha value is -1.92. The van der Waals surface area contributed by atoms with Crippen molar-refractivity contribution in [1.29, 1.82) is 0 Å². The lowest BCUT2D eigenvalue weighted by molar-refractivity contribution is -0.146. The lowest BCUT2D eigenvalue weighted by Crippen LogP contribution is -2.18. The molecule has 0 aliphatic heterocycles. The SMILES string of the molecule is CCOC(=O)CC(=O)CC(CC(=O)CC(=O)OCC)c1ccc(Cl)c(Cl)c1. The monoisotopic (exact) mass is 416 g/mol. The first-order chi connectivity index (χ1) is 12.8. The largest absolute Gasteiger partial charge is 0.466 e. The van der Waals surface area contributed by atoms with Crippen LogP contribution in [0.15, 0.2) is 18.2 Å². The molecule has 0 amide bonds. The van der Waals surface area contributed by atoms with E-state index in [9.17, 15) is 19.2 Å². The molecule has 0 aliphatic rings. The quantitative estimate of drug-likeness (QED) is 0.401. The van der Waals surface area contributed by atoms with Crippen LogP contribution in [0.1, 0.15) is 51.0 Å². The van der Waals surface area contributed by atoms with Gasteiger partial charge in [0.25, 0.3) is 0 Å². The van der Waals surface area contributed by atoms with E-state index in [1.54, 1.807) is 32.0 Å². The molecule has 0 heterocycles. The van der Waals surface area contributed by atoms with Crippen LogP contribution >= 0.6 is 23.2 Å². The summed E-state index contributed by atoms with van der Waals surface area (Å²) < 4.78 is 9.54. The Labute approximate surface area is 168 Å². The minimum atomic E-state index is -0.617. The Morgan fingerprint density at radius 1 is 0.852 bits per heavy atom. The van der Waals surface area contributed by atoms with Crippen molar-refractivity contribution >= 4 is 46.7 Å². The number of halogens is 2. The van der Waals surface area contributed by atoms with Gasteiger partial charge >= 0.3 is 11.9 Å². The van der Waals surface area contributed by atoms with Gasteiger partial charge in [0, 0.05) is 12.8 Å². The number of benzene rings is 1. The van der Waals surface area contributed by atoms with Crippen molar-refractivity contribution in [2.45, 2.75) is 45.4 Å². The molecule has 8 heteroatoms. The van der Waals surface area contributed by atoms with Crippen molar-refractivity contribution < 1.29 is 28.7 Å². The third-order valence-electron chi connectivity index (χ3n) is 3.66. The number of ketones is 2. The number of carbonyl (C=O) groups is 4. The maximum atomic E-state index is 12.2. The van der Waals surface area contributed by atoms with Crippen molar-refractivity contribution in [3.63, 3.8) is 0 Å². The molecule has 0 saturated heterocycles. The highest BCUT2D eigenvalue weighted by molar-refractivity contribution is 6.42. The topological polar surface area (TPSA) is 86.7 Å². The molecular formula is C19H22Cl2O6. The minimum absolute atomic E-state index is 0.0641. The zero-order valence-electron chi connectivity index (χ0n) is 15.3. The van der Waals surface area contributed by atoms with Gasteiger partial charge in [-0.1, -0.05) is 29.3 Å². The normalized spacial score (nSPS) is 10.6. The molecule has 1 rings (SSSR count). The third kappa shape index (κ3) is 8.54. The van der Waals surface area contributed by atoms with Gasteiger partial charge in [-0.15, -0.1) is 0 Å². The van der Waals surface area contributed by atoms with Crippen molar-refractivity contribution in [3.8, 4) is 0 Å². The second-order valence-electron chi connectivity index (χ2n) is 5.82. The Balaban J connectivity index is 2.90. The maximum absolute atomic E-state index is 12.2. The Morgan fingerprint density at radius 3 is 1.74 bits per heavy atom. The molecule has 0 fully saturated rings. The summed E-state index contributed by atoms with van der Waals surface area (Å²) in [6.45, 7) is 3.66. The molecular weight excluding hydrogens is 395 g/mol. The lowest BCUT2D eigenvalue weighted by atomic mass is 9.88. The third-order valence-corrected chi connectivity index (χ3v) is 4.40. The van der Waals surface area contributed by atoms with Crippen LogP contribution in [-0.4, -0.2) is 36.7 Å². The number of ether oxygens (including phenoxy) is 2. The number of rotatable bonds is 11. The first kappa shape index (κ1) is 23.1. The van der Waals surface area contributed by atoms with Crippen LogP contribution in [0.5, 0.6) is 0 Å². The van der Waals surface area contributed by atoms with Gasteiger partial charge in [-0.3, -0.25) is 19.2 Å². The van der Waals surface area contributed by atoms with Crippen molar-refractivity contribution in [2.24, 2.45) is 0 Å². The highest BCUT2D eigenvalue weighted by atomic mass is 35.5. The minimum Gasteiger partial charge on any atom is -0.466 e. The van der Waals surface area contributed by atoms with Gasteiger partial charge in [0.05, 0.1) is 23.3 Å². The zero-order valence-corrected chi connectivity index (χ0v) is 16.8. The van der Waals surface area contributed by atoms with Crippen LogP contribution < -0.4 is 0 Å². The van der Waals surface area contributed by atoms with E-state index in [0.717, 1.165) is 0 Å². The summed E-state index contributed by atoms with van der Waals surface area (Å²) in [5.41, 5.74) is 0.624. The van der Waals surface area contributed by atoms with E-state index < -0.39 is 17.9 Å². The average molecular weight is 417 g/mol. The van der Waals surface area contributed by atoms with Crippen LogP contribution in [0, 0.1) is 0 Å². The molecule has 27 heavy (non-hydrogen) atoms. The van der Waals surface area contributed by atoms with Crippen LogP contribution in [0.2, 0.25) is 10.0 Å². The van der Waals surface area contributed by atoms with E-state index >= 15 is 0 Å². The first-order valence-electron chi connectivity index (χ1n) is 8.56. The summed E-state index contributed by atoms with van der Waals surface area (Å²) in [5, 5.41) is 0.629. The second kappa shape index (κ2) is 11.7. The Bertz CT molecular complexity index is 667. The molecule has 0 atom stereocenters. The molecule has 1 aromatic rings. The van der Waals surface area contributed by atoms with Crippen molar-refractivity contribution in [2.75, 3.05) is 13.2 Å². The molecule has 0 unspecified atom stereocenters. The maximum Gasteiger partial charge on any atom is 0.313 e. The average Bonchev–Trinajstić information content (AvgIpc) is 2.56. The van der Waals surface area contributed by atoms with E-state index in [4.69, 9.17) is 32.7 Å². The van der Waals surface area contributed by atoms with Crippen LogP contribution in [-0.2, 0) is 28.7 Å². The fourth-order valence-electron chi connectivity index (χ4n) is 2.51. The van der Waals surface area contributed by atoms with Crippen molar-refractivity contribution in [1.82, 2.24) is 0 Å². The van der Waals surface area contributed by atoms with E-state index in [1.807, 2.05) is 0 Å². The standard InChI is InChI=1S/C19H22Cl2O6/c1-3-26-18(24)10-14(22)7-13(8-15(23)11-19(25)27-4-2)12-5-6-16(20)17(21)9-12/h5-6,9,13H,3-4,7-8,10-11H2,1-2H3. The Kier molecular flexibility index (Phi) is 10.0. The smallest absolute Gasteiger partial charge is 0.313 e. The number of esters is 2. The van der Waals surface area contributed by atoms with E-state index in [0.29, 0.717) is 10.6 Å². The van der Waals surface area contributed by atoms with Crippen LogP contribution in [0.4, 0.5) is 0 Å². The van der Waals surface area contributed by atoms with Gasteiger partial charge in [-0.2, -0.15) is 0 Å². The molecule has 0 N–H and O–H groups in total. The lowest BCUT2D eigenvalue weighted by Gasteiger charge is -2.17. The first-order valence-corrected chi connectivity index (χ1v) is 9.31. The second-order valence-corrected chi connectivity index (χ2v) is 6.63. The highest BCUT2D eigenvalue weighted by Crippen LogP contribution is 2.31. The number of Topliss-reactive ketones (excluding diaryl/α,β-unsaturated/α-hetero) is 2. The van der Waals surface area contributed by atoms with Crippen LogP contribution in [0.3, 0.4) is 0 Å². The van der Waals surface area contributed by atoms with E-state index in [2.05, 4.69) is 0 Å². The molecule has 0 aromatic heterocycles. The van der Waals surface area contributed by atoms with E-state index in [1.165, 1.54) is 0 Å². The van der Waals surface area contributed by atoms with Gasteiger partial charge in [-0.25, -0.2) is 0 Å². The highest BCUT2D eigenvalue weighted by Gasteiger charge is 2.23. The molecule has 1 aromatic carbocycles. The molecule has 0 bridgehead atoms. The van der Waals surface area contributed by atoms with Gasteiger partial charge in [0.2, 0.25) is 0 Å². The summed E-state index contributed by atoms with van der Waals surface area (Å²) in [7, 11) is 0. The fraction of sp³-hybridized carbons (Fsp3) is 0.474. The summed E-state index contributed by atoms with van der Waals surface area (Å²) in [6.07, 6.45) is -0.883. The summed E-state index contributed by atoms with van der Waals surface area (Å²) >= 11 is 11.9. The van der Waals surface area contributed by atoms with Gasteiger partial charge in [-0.05, 0) is 37.5 Å². The van der Waals surface area contributed by atoms with Gasteiger partial charge in [0.15, 0.2) is 0 Å². The molecule has 0 saturated carbocycles. The summed E-state index contributed by atoms with van der Waals surface area (Å²) in [5.74, 6) is -2.51. The van der Waals surface area contributed by atoms with Gasteiger partial charge < -0.3 is 9.47 Å². The molecule has 0 radical (unpaired) electrons. The predicted molar refractivity (Wildman–Crippen MR) is 101 cm³/mol. The van der Waals surface area contributed by atoms with Gasteiger partial charge in [0.1, 0.15) is 24.4 Å². The summed E-state index contributed by atoms with van der Waals surface area (Å²) in [4.78, 5) is 47.4. The summed E-state index contributed by atoms with van der Waals surface area (Å²) in [6, 6.07) is 4.80. The number of carbonyl (C=O) groups excluding carboxylic acids is 4. The van der Waals surface area contributed by atoms with E-state index in [-0.39, 0.29) is 55.5 Å². The zero-order chi connectivity index (χ0) is 20.4. The number of hydrogen-bond acceptors (Lipinski definition) is 6. The molecule has 0 aliphatic carbocycles.